The predicted octanol–water partition coefficient (Wildman–Crippen LogP) is 5.11. The second kappa shape index (κ2) is 10.5. The van der Waals surface area contributed by atoms with E-state index in [1.165, 1.54) is 34.6 Å². The molecule has 1 heterocycles. The molecule has 0 fully saturated rings. The van der Waals surface area contributed by atoms with E-state index in [0.717, 1.165) is 36.8 Å². The highest BCUT2D eigenvalue weighted by atomic mass is 35.5. The van der Waals surface area contributed by atoms with Crippen LogP contribution in [0.3, 0.4) is 0 Å². The Morgan fingerprint density at radius 1 is 1.16 bits per heavy atom. The second-order valence-corrected chi connectivity index (χ2v) is 9.52. The second-order valence-electron chi connectivity index (χ2n) is 8.10. The third kappa shape index (κ3) is 5.79. The number of rotatable bonds is 8. The van der Waals surface area contributed by atoms with Gasteiger partial charge in [-0.2, -0.15) is 0 Å². The van der Waals surface area contributed by atoms with Crippen molar-refractivity contribution in [1.82, 2.24) is 15.2 Å². The lowest BCUT2D eigenvalue weighted by molar-refractivity contribution is -0.118. The van der Waals surface area contributed by atoms with Gasteiger partial charge in [0.1, 0.15) is 0 Å². The Bertz CT molecular complexity index is 1060. The van der Waals surface area contributed by atoms with Gasteiger partial charge in [-0.25, -0.2) is 0 Å². The molecule has 1 aliphatic carbocycles. The molecule has 4 rings (SSSR count). The van der Waals surface area contributed by atoms with E-state index < -0.39 is 0 Å². The molecule has 0 aliphatic heterocycles. The Kier molecular flexibility index (Phi) is 7.49. The molecule has 31 heavy (non-hydrogen) atoms. The number of nitrogens with one attached hydrogen (secondary N) is 1. The summed E-state index contributed by atoms with van der Waals surface area (Å²) in [5.41, 5.74) is 4.74. The number of nitrogens with zero attached hydrogens (tertiary/aromatic N) is 2. The van der Waals surface area contributed by atoms with Crippen LogP contribution in [0.2, 0.25) is 5.02 Å². The molecule has 0 spiro atoms. The number of carbonyl (C=O) groups excluding carboxylic acids is 1. The van der Waals surface area contributed by atoms with Gasteiger partial charge in [-0.1, -0.05) is 41.9 Å². The topological polar surface area (TPSA) is 45.2 Å². The van der Waals surface area contributed by atoms with Crippen molar-refractivity contribution < 1.29 is 4.79 Å². The summed E-state index contributed by atoms with van der Waals surface area (Å²) in [6, 6.07) is 16.2. The van der Waals surface area contributed by atoms with Gasteiger partial charge in [-0.15, -0.1) is 11.8 Å². The first-order valence-corrected chi connectivity index (χ1v) is 12.2. The smallest absolute Gasteiger partial charge is 0.230 e. The Hall–Kier alpha value is -2.08. The van der Waals surface area contributed by atoms with Crippen LogP contribution in [-0.2, 0) is 24.2 Å². The number of benzene rings is 2. The van der Waals surface area contributed by atoms with E-state index in [1.807, 2.05) is 24.3 Å². The highest BCUT2D eigenvalue weighted by Crippen LogP contribution is 2.36. The number of likely N-dealkylation sites (N-methyl/N-ethyl adjacent to an activating group) is 1. The molecule has 162 valence electrons. The minimum atomic E-state index is 0.0645. The minimum absolute atomic E-state index is 0.0645. The van der Waals surface area contributed by atoms with E-state index in [0.29, 0.717) is 17.3 Å². The zero-order chi connectivity index (χ0) is 21.6. The molecule has 1 N–H and O–H groups in total. The summed E-state index contributed by atoms with van der Waals surface area (Å²) in [6.45, 7) is 2.33. The van der Waals surface area contributed by atoms with Crippen LogP contribution in [-0.4, -0.2) is 41.7 Å². The number of carbonyl (C=O) groups is 1. The number of hydrogen-bond acceptors (Lipinski definition) is 4. The average molecular weight is 454 g/mol. The number of fused-ring (bicyclic) bond motifs is 2. The first kappa shape index (κ1) is 22.1. The fourth-order valence-corrected chi connectivity index (χ4v) is 5.33. The van der Waals surface area contributed by atoms with E-state index in [4.69, 9.17) is 16.6 Å². The van der Waals surface area contributed by atoms with Crippen molar-refractivity contribution in [2.24, 2.45) is 0 Å². The Balaban J connectivity index is 1.35. The number of hydrogen-bond donors (Lipinski definition) is 1. The van der Waals surface area contributed by atoms with E-state index in [-0.39, 0.29) is 5.91 Å². The van der Waals surface area contributed by atoms with Crippen LogP contribution in [0.1, 0.15) is 29.7 Å². The Morgan fingerprint density at radius 2 is 1.97 bits per heavy atom. The maximum Gasteiger partial charge on any atom is 0.230 e. The summed E-state index contributed by atoms with van der Waals surface area (Å²) in [4.78, 5) is 20.8. The lowest BCUT2D eigenvalue weighted by Gasteiger charge is -2.20. The number of amides is 1. The molecular formula is C25H28ClN3OS. The van der Waals surface area contributed by atoms with E-state index >= 15 is 0 Å². The van der Waals surface area contributed by atoms with Crippen LogP contribution < -0.4 is 5.32 Å². The Labute approximate surface area is 193 Å². The molecule has 0 saturated carbocycles. The first-order chi connectivity index (χ1) is 15.1. The molecule has 0 radical (unpaired) electrons. The fraction of sp³-hybridized carbons (Fsp3) is 0.360. The van der Waals surface area contributed by atoms with Crippen molar-refractivity contribution in [3.8, 4) is 0 Å². The predicted molar refractivity (Wildman–Crippen MR) is 130 cm³/mol. The van der Waals surface area contributed by atoms with Gasteiger partial charge >= 0.3 is 0 Å². The molecule has 0 saturated heterocycles. The van der Waals surface area contributed by atoms with Crippen molar-refractivity contribution in [2.45, 2.75) is 37.1 Å². The highest BCUT2D eigenvalue weighted by Gasteiger charge is 2.19. The molecule has 3 aromatic rings. The van der Waals surface area contributed by atoms with Crippen LogP contribution in [0.5, 0.6) is 0 Å². The van der Waals surface area contributed by atoms with Crippen molar-refractivity contribution >= 4 is 40.2 Å². The molecule has 0 bridgehead atoms. The monoisotopic (exact) mass is 453 g/mol. The molecular weight excluding hydrogens is 426 g/mol. The Morgan fingerprint density at radius 3 is 2.81 bits per heavy atom. The van der Waals surface area contributed by atoms with Gasteiger partial charge in [0.2, 0.25) is 5.91 Å². The number of halogens is 1. The van der Waals surface area contributed by atoms with Crippen LogP contribution in [0.15, 0.2) is 53.4 Å². The van der Waals surface area contributed by atoms with Gasteiger partial charge in [0.15, 0.2) is 0 Å². The molecule has 2 aromatic carbocycles. The molecule has 1 amide bonds. The van der Waals surface area contributed by atoms with Crippen LogP contribution in [0, 0.1) is 0 Å². The van der Waals surface area contributed by atoms with Gasteiger partial charge < -0.3 is 10.2 Å². The summed E-state index contributed by atoms with van der Waals surface area (Å²) < 4.78 is 0. The standard InChI is InChI=1S/C25H28ClN3OS/c1-29(16-18-7-3-2-4-8-18)14-13-27-24(30)17-31-25-20-9-5-6-10-22(20)28-23-12-11-19(26)15-21(23)25/h2-4,7-8,11-12,15H,5-6,9-10,13-14,16-17H2,1H3,(H,27,30). The maximum atomic E-state index is 12.5. The van der Waals surface area contributed by atoms with Gasteiger partial charge in [0.25, 0.3) is 0 Å². The molecule has 6 heteroatoms. The summed E-state index contributed by atoms with van der Waals surface area (Å²) in [7, 11) is 2.08. The summed E-state index contributed by atoms with van der Waals surface area (Å²) in [5.74, 6) is 0.468. The summed E-state index contributed by atoms with van der Waals surface area (Å²) in [6.07, 6.45) is 4.40. The first-order valence-electron chi connectivity index (χ1n) is 10.8. The number of aryl methyl sites for hydroxylation is 1. The third-order valence-corrected chi connectivity index (χ3v) is 7.03. The van der Waals surface area contributed by atoms with E-state index in [2.05, 4.69) is 41.5 Å². The largest absolute Gasteiger partial charge is 0.354 e. The lowest BCUT2D eigenvalue weighted by Crippen LogP contribution is -2.33. The van der Waals surface area contributed by atoms with Crippen molar-refractivity contribution in [1.29, 1.82) is 0 Å². The summed E-state index contributed by atoms with van der Waals surface area (Å²) in [5, 5.41) is 4.84. The minimum Gasteiger partial charge on any atom is -0.354 e. The average Bonchev–Trinajstić information content (AvgIpc) is 2.77. The lowest BCUT2D eigenvalue weighted by atomic mass is 9.94. The number of pyridine rings is 1. The molecule has 1 aromatic heterocycles. The summed E-state index contributed by atoms with van der Waals surface area (Å²) >= 11 is 7.89. The van der Waals surface area contributed by atoms with Gasteiger partial charge in [-0.05, 0) is 62.1 Å². The quantitative estimate of drug-likeness (QED) is 0.481. The van der Waals surface area contributed by atoms with Crippen molar-refractivity contribution in [3.63, 3.8) is 0 Å². The molecule has 1 aliphatic rings. The molecule has 0 atom stereocenters. The molecule has 4 nitrogen and oxygen atoms in total. The zero-order valence-electron chi connectivity index (χ0n) is 17.9. The normalized spacial score (nSPS) is 13.4. The van der Waals surface area contributed by atoms with Crippen LogP contribution in [0.25, 0.3) is 10.9 Å². The van der Waals surface area contributed by atoms with Crippen molar-refractivity contribution in [2.75, 3.05) is 25.9 Å². The van der Waals surface area contributed by atoms with E-state index in [1.54, 1.807) is 11.8 Å². The zero-order valence-corrected chi connectivity index (χ0v) is 19.4. The van der Waals surface area contributed by atoms with Crippen molar-refractivity contribution in [3.05, 3.63) is 70.4 Å². The number of thioether (sulfide) groups is 1. The van der Waals surface area contributed by atoms with Crippen LogP contribution >= 0.6 is 23.4 Å². The maximum absolute atomic E-state index is 12.5. The SMILES string of the molecule is CN(CCNC(=O)CSc1c2c(nc3ccc(Cl)cc13)CCCC2)Cc1ccccc1. The van der Waals surface area contributed by atoms with Gasteiger partial charge in [0, 0.05) is 40.6 Å². The third-order valence-electron chi connectivity index (χ3n) is 5.63. The van der Waals surface area contributed by atoms with Crippen LogP contribution in [0.4, 0.5) is 0 Å². The fourth-order valence-electron chi connectivity index (χ4n) is 4.07. The number of aromatic nitrogens is 1. The van der Waals surface area contributed by atoms with E-state index in [9.17, 15) is 4.79 Å². The van der Waals surface area contributed by atoms with Gasteiger partial charge in [-0.3, -0.25) is 9.78 Å². The van der Waals surface area contributed by atoms with Gasteiger partial charge in [0.05, 0.1) is 11.3 Å². The highest BCUT2D eigenvalue weighted by molar-refractivity contribution is 8.00. The molecule has 0 unspecified atom stereocenters.